The van der Waals surface area contributed by atoms with E-state index in [2.05, 4.69) is 11.8 Å². The molecule has 2 atom stereocenters. The van der Waals surface area contributed by atoms with Crippen molar-refractivity contribution in [2.75, 3.05) is 27.3 Å². The van der Waals surface area contributed by atoms with Crippen molar-refractivity contribution in [3.63, 3.8) is 0 Å². The van der Waals surface area contributed by atoms with Gasteiger partial charge in [0.15, 0.2) is 0 Å². The predicted molar refractivity (Wildman–Crippen MR) is 76.7 cm³/mol. The van der Waals surface area contributed by atoms with Gasteiger partial charge in [-0.2, -0.15) is 0 Å². The number of benzene rings is 1. The van der Waals surface area contributed by atoms with Crippen LogP contribution in [0.1, 0.15) is 31.4 Å². The molecule has 1 aliphatic heterocycles. The zero-order chi connectivity index (χ0) is 13.8. The van der Waals surface area contributed by atoms with Gasteiger partial charge >= 0.3 is 0 Å². The largest absolute Gasteiger partial charge is 0.497 e. The molecule has 1 saturated heterocycles. The third-order valence-corrected chi connectivity index (χ3v) is 3.96. The summed E-state index contributed by atoms with van der Waals surface area (Å²) in [5.41, 5.74) is 7.39. The molecular weight excluding hydrogens is 240 g/mol. The molecule has 1 aromatic rings. The second kappa shape index (κ2) is 6.26. The number of nitrogens with two attached hydrogens (primary N) is 1. The molecule has 1 heterocycles. The first-order chi connectivity index (χ1) is 9.15. The van der Waals surface area contributed by atoms with Crippen molar-refractivity contribution in [2.45, 2.75) is 31.8 Å². The van der Waals surface area contributed by atoms with E-state index in [1.54, 1.807) is 14.2 Å². The van der Waals surface area contributed by atoms with E-state index in [-0.39, 0.29) is 6.04 Å². The molecule has 4 nitrogen and oxygen atoms in total. The molecular formula is C15H24N2O2. The molecule has 0 aliphatic carbocycles. The van der Waals surface area contributed by atoms with Gasteiger partial charge in [-0.1, -0.05) is 6.07 Å². The van der Waals surface area contributed by atoms with E-state index in [0.717, 1.165) is 30.2 Å². The van der Waals surface area contributed by atoms with E-state index in [0.29, 0.717) is 6.04 Å². The van der Waals surface area contributed by atoms with Gasteiger partial charge in [-0.15, -0.1) is 0 Å². The van der Waals surface area contributed by atoms with Crippen LogP contribution in [0.3, 0.4) is 0 Å². The summed E-state index contributed by atoms with van der Waals surface area (Å²) >= 11 is 0. The summed E-state index contributed by atoms with van der Waals surface area (Å²) in [7, 11) is 3.32. The topological polar surface area (TPSA) is 47.7 Å². The number of nitrogens with zero attached hydrogens (tertiary/aromatic N) is 1. The van der Waals surface area contributed by atoms with Crippen molar-refractivity contribution in [1.29, 1.82) is 0 Å². The van der Waals surface area contributed by atoms with Crippen molar-refractivity contribution >= 4 is 0 Å². The van der Waals surface area contributed by atoms with Crippen LogP contribution in [0.25, 0.3) is 0 Å². The fourth-order valence-electron chi connectivity index (χ4n) is 2.74. The van der Waals surface area contributed by atoms with Gasteiger partial charge in [0.2, 0.25) is 0 Å². The number of rotatable bonds is 5. The Labute approximate surface area is 115 Å². The van der Waals surface area contributed by atoms with Crippen LogP contribution in [-0.2, 0) is 0 Å². The highest BCUT2D eigenvalue weighted by Crippen LogP contribution is 2.30. The molecule has 1 aromatic carbocycles. The summed E-state index contributed by atoms with van der Waals surface area (Å²) in [5, 5.41) is 0. The molecule has 0 aromatic heterocycles. The number of hydrogen-bond acceptors (Lipinski definition) is 4. The van der Waals surface area contributed by atoms with Crippen molar-refractivity contribution < 1.29 is 9.47 Å². The zero-order valence-corrected chi connectivity index (χ0v) is 12.1. The Kier molecular flexibility index (Phi) is 4.66. The third kappa shape index (κ3) is 3.19. The summed E-state index contributed by atoms with van der Waals surface area (Å²) < 4.78 is 10.6. The Hall–Kier alpha value is -1.26. The van der Waals surface area contributed by atoms with Crippen LogP contribution in [0.2, 0.25) is 0 Å². The Morgan fingerprint density at radius 1 is 1.37 bits per heavy atom. The quantitative estimate of drug-likeness (QED) is 0.885. The highest BCUT2D eigenvalue weighted by Gasteiger charge is 2.23. The summed E-state index contributed by atoms with van der Waals surface area (Å²) in [5.74, 6) is 1.60. The van der Waals surface area contributed by atoms with Gasteiger partial charge in [-0.25, -0.2) is 0 Å². The normalized spacial score (nSPS) is 21.4. The van der Waals surface area contributed by atoms with Crippen LogP contribution >= 0.6 is 0 Å². The lowest BCUT2D eigenvalue weighted by Gasteiger charge is -2.26. The lowest BCUT2D eigenvalue weighted by atomic mass is 10.1. The molecule has 2 rings (SSSR count). The van der Waals surface area contributed by atoms with Gasteiger partial charge in [-0.05, 0) is 32.4 Å². The maximum Gasteiger partial charge on any atom is 0.127 e. The fourth-order valence-corrected chi connectivity index (χ4v) is 2.74. The number of likely N-dealkylation sites (tertiary alicyclic amines) is 1. The molecule has 0 radical (unpaired) electrons. The summed E-state index contributed by atoms with van der Waals surface area (Å²) in [6, 6.07) is 6.44. The Balaban J connectivity index is 2.11. The minimum atomic E-state index is -0.0265. The maximum atomic E-state index is 6.34. The fraction of sp³-hybridized carbons (Fsp3) is 0.600. The third-order valence-electron chi connectivity index (χ3n) is 3.96. The lowest BCUT2D eigenvalue weighted by molar-refractivity contribution is 0.250. The first-order valence-corrected chi connectivity index (χ1v) is 6.87. The molecule has 2 N–H and O–H groups in total. The van der Waals surface area contributed by atoms with Crippen molar-refractivity contribution in [1.82, 2.24) is 4.90 Å². The molecule has 0 saturated carbocycles. The van der Waals surface area contributed by atoms with E-state index < -0.39 is 0 Å². The molecule has 0 bridgehead atoms. The van der Waals surface area contributed by atoms with Crippen LogP contribution < -0.4 is 15.2 Å². The molecule has 19 heavy (non-hydrogen) atoms. The first-order valence-electron chi connectivity index (χ1n) is 6.87. The Bertz CT molecular complexity index is 423. The van der Waals surface area contributed by atoms with Crippen molar-refractivity contribution in [3.05, 3.63) is 23.8 Å². The van der Waals surface area contributed by atoms with Crippen LogP contribution in [0.4, 0.5) is 0 Å². The van der Waals surface area contributed by atoms with E-state index in [4.69, 9.17) is 15.2 Å². The molecule has 4 heteroatoms. The standard InChI is InChI=1S/C15H24N2O2/c1-11-5-4-8-17(11)10-14(16)13-7-6-12(18-2)9-15(13)19-3/h6-7,9,11,14H,4-5,8,10,16H2,1-3H3. The van der Waals surface area contributed by atoms with Crippen LogP contribution in [0.15, 0.2) is 18.2 Å². The van der Waals surface area contributed by atoms with Gasteiger partial charge in [0.1, 0.15) is 11.5 Å². The Morgan fingerprint density at radius 2 is 2.16 bits per heavy atom. The molecule has 106 valence electrons. The van der Waals surface area contributed by atoms with Crippen LogP contribution in [0, 0.1) is 0 Å². The van der Waals surface area contributed by atoms with Gasteiger partial charge < -0.3 is 15.2 Å². The average molecular weight is 264 g/mol. The van der Waals surface area contributed by atoms with Crippen molar-refractivity contribution in [3.8, 4) is 11.5 Å². The van der Waals surface area contributed by atoms with Crippen LogP contribution in [-0.4, -0.2) is 38.3 Å². The van der Waals surface area contributed by atoms with Gasteiger partial charge in [0.25, 0.3) is 0 Å². The van der Waals surface area contributed by atoms with E-state index >= 15 is 0 Å². The minimum Gasteiger partial charge on any atom is -0.497 e. The van der Waals surface area contributed by atoms with Gasteiger partial charge in [-0.3, -0.25) is 4.90 Å². The highest BCUT2D eigenvalue weighted by molar-refractivity contribution is 5.42. The molecule has 0 spiro atoms. The minimum absolute atomic E-state index is 0.0265. The number of ether oxygens (including phenoxy) is 2. The van der Waals surface area contributed by atoms with E-state index in [1.165, 1.54) is 12.8 Å². The molecule has 1 fully saturated rings. The number of methoxy groups -OCH3 is 2. The Morgan fingerprint density at radius 3 is 2.74 bits per heavy atom. The van der Waals surface area contributed by atoms with Crippen molar-refractivity contribution in [2.24, 2.45) is 5.73 Å². The second-order valence-electron chi connectivity index (χ2n) is 5.20. The SMILES string of the molecule is COc1ccc(C(N)CN2CCCC2C)c(OC)c1. The van der Waals surface area contributed by atoms with E-state index in [1.807, 2.05) is 18.2 Å². The van der Waals surface area contributed by atoms with Gasteiger partial charge in [0.05, 0.1) is 14.2 Å². The molecule has 1 aliphatic rings. The monoisotopic (exact) mass is 264 g/mol. The second-order valence-corrected chi connectivity index (χ2v) is 5.20. The highest BCUT2D eigenvalue weighted by atomic mass is 16.5. The molecule has 2 unspecified atom stereocenters. The molecule has 0 amide bonds. The van der Waals surface area contributed by atoms with Crippen LogP contribution in [0.5, 0.6) is 11.5 Å². The summed E-state index contributed by atoms with van der Waals surface area (Å²) in [4.78, 5) is 2.45. The zero-order valence-electron chi connectivity index (χ0n) is 12.1. The first kappa shape index (κ1) is 14.2. The van der Waals surface area contributed by atoms with E-state index in [9.17, 15) is 0 Å². The lowest BCUT2D eigenvalue weighted by Crippen LogP contribution is -2.34. The summed E-state index contributed by atoms with van der Waals surface area (Å²) in [6.45, 7) is 4.29. The number of hydrogen-bond donors (Lipinski definition) is 1. The smallest absolute Gasteiger partial charge is 0.127 e. The predicted octanol–water partition coefficient (Wildman–Crippen LogP) is 2.19. The summed E-state index contributed by atoms with van der Waals surface area (Å²) in [6.07, 6.45) is 2.54. The maximum absolute atomic E-state index is 6.34. The van der Waals surface area contributed by atoms with Gasteiger partial charge in [0, 0.05) is 30.3 Å². The average Bonchev–Trinajstić information content (AvgIpc) is 2.83.